The molecule has 7 nitrogen and oxygen atoms in total. The van der Waals surface area contributed by atoms with E-state index in [2.05, 4.69) is 17.1 Å². The molecule has 0 aromatic carbocycles. The lowest BCUT2D eigenvalue weighted by atomic mass is 10.0. The normalized spacial score (nSPS) is 20.8. The maximum Gasteiger partial charge on any atom is 0.283 e. The third-order valence-electron chi connectivity index (χ3n) is 3.53. The Labute approximate surface area is 123 Å². The summed E-state index contributed by atoms with van der Waals surface area (Å²) in [5.74, 6) is 1.21. The van der Waals surface area contributed by atoms with Gasteiger partial charge < -0.3 is 8.83 Å². The Morgan fingerprint density at radius 3 is 2.76 bits per heavy atom. The average Bonchev–Trinajstić information content (AvgIpc) is 3.07. The molecule has 0 N–H and O–H groups in total. The first-order chi connectivity index (χ1) is 9.96. The molecule has 1 fully saturated rings. The highest BCUT2D eigenvalue weighted by molar-refractivity contribution is 7.89. The van der Waals surface area contributed by atoms with Gasteiger partial charge in [0.15, 0.2) is 5.76 Å². The van der Waals surface area contributed by atoms with Crippen molar-refractivity contribution in [1.82, 2.24) is 14.5 Å². The number of sulfonamides is 1. The fraction of sp³-hybridized carbons (Fsp3) is 0.538. The first-order valence-corrected chi connectivity index (χ1v) is 8.31. The number of piperidine rings is 1. The van der Waals surface area contributed by atoms with Crippen molar-refractivity contribution in [1.29, 1.82) is 0 Å². The third-order valence-corrected chi connectivity index (χ3v) is 5.27. The quantitative estimate of drug-likeness (QED) is 0.862. The highest BCUT2D eigenvalue weighted by Gasteiger charge is 2.31. The molecule has 0 radical (unpaired) electrons. The molecule has 2 aromatic heterocycles. The molecule has 1 aliphatic heterocycles. The van der Waals surface area contributed by atoms with Gasteiger partial charge in [0.2, 0.25) is 11.0 Å². The van der Waals surface area contributed by atoms with Crippen LogP contribution in [0.4, 0.5) is 0 Å². The molecule has 3 heterocycles. The number of aryl methyl sites for hydroxylation is 1. The highest BCUT2D eigenvalue weighted by atomic mass is 32.2. The number of hydrogen-bond acceptors (Lipinski definition) is 6. The van der Waals surface area contributed by atoms with Crippen LogP contribution in [0.15, 0.2) is 26.1 Å². The van der Waals surface area contributed by atoms with E-state index >= 15 is 0 Å². The van der Waals surface area contributed by atoms with Gasteiger partial charge in [-0.25, -0.2) is 8.42 Å². The van der Waals surface area contributed by atoms with Crippen molar-refractivity contribution in [2.24, 2.45) is 5.92 Å². The molecule has 0 unspecified atom stereocenters. The fourth-order valence-corrected chi connectivity index (χ4v) is 3.97. The summed E-state index contributed by atoms with van der Waals surface area (Å²) in [7, 11) is -3.60. The van der Waals surface area contributed by atoms with Crippen molar-refractivity contribution in [2.45, 2.75) is 31.8 Å². The number of furan rings is 1. The van der Waals surface area contributed by atoms with Gasteiger partial charge in [0.05, 0.1) is 0 Å². The van der Waals surface area contributed by atoms with E-state index in [4.69, 9.17) is 8.83 Å². The zero-order chi connectivity index (χ0) is 15.0. The zero-order valence-electron chi connectivity index (χ0n) is 11.9. The molecule has 0 saturated carbocycles. The van der Waals surface area contributed by atoms with Gasteiger partial charge in [-0.1, -0.05) is 6.92 Å². The minimum absolute atomic E-state index is 0.0811. The van der Waals surface area contributed by atoms with Crippen molar-refractivity contribution in [2.75, 3.05) is 13.1 Å². The van der Waals surface area contributed by atoms with Crippen molar-refractivity contribution < 1.29 is 17.3 Å². The van der Waals surface area contributed by atoms with Crippen LogP contribution in [-0.4, -0.2) is 36.0 Å². The molecule has 0 spiro atoms. The topological polar surface area (TPSA) is 89.4 Å². The Morgan fingerprint density at radius 2 is 2.10 bits per heavy atom. The molecule has 0 aliphatic carbocycles. The Morgan fingerprint density at radius 1 is 1.29 bits per heavy atom. The van der Waals surface area contributed by atoms with Crippen LogP contribution in [0.5, 0.6) is 0 Å². The Kier molecular flexibility index (Phi) is 3.58. The summed E-state index contributed by atoms with van der Waals surface area (Å²) in [5.41, 5.74) is 0. The number of nitrogens with zero attached hydrogens (tertiary/aromatic N) is 3. The predicted molar refractivity (Wildman–Crippen MR) is 73.9 cm³/mol. The summed E-state index contributed by atoms with van der Waals surface area (Å²) in [5, 5.41) is 7.43. The second kappa shape index (κ2) is 5.27. The number of aromatic nitrogens is 2. The van der Waals surface area contributed by atoms with Crippen molar-refractivity contribution in [3.8, 4) is 11.7 Å². The van der Waals surface area contributed by atoms with E-state index in [9.17, 15) is 8.42 Å². The molecule has 8 heteroatoms. The molecule has 0 amide bonds. The van der Waals surface area contributed by atoms with Gasteiger partial charge in [-0.15, -0.1) is 10.2 Å². The van der Waals surface area contributed by atoms with Crippen LogP contribution >= 0.6 is 0 Å². The molecule has 1 aliphatic rings. The van der Waals surface area contributed by atoms with Crippen LogP contribution in [0.25, 0.3) is 11.7 Å². The molecule has 3 rings (SSSR count). The van der Waals surface area contributed by atoms with E-state index < -0.39 is 10.0 Å². The van der Waals surface area contributed by atoms with Crippen molar-refractivity contribution >= 4 is 10.0 Å². The van der Waals surface area contributed by atoms with Crippen molar-refractivity contribution in [3.63, 3.8) is 0 Å². The standard InChI is InChI=1S/C13H17N3O4S/c1-9-4-3-7-16(8-9)21(17,18)12-6-5-11(20-12)13-15-14-10(2)19-13/h5-6,9H,3-4,7-8H2,1-2H3/t9-/m0/s1. The maximum absolute atomic E-state index is 12.5. The lowest BCUT2D eigenvalue weighted by Gasteiger charge is -2.29. The zero-order valence-corrected chi connectivity index (χ0v) is 12.8. The van der Waals surface area contributed by atoms with E-state index in [1.807, 2.05) is 0 Å². The molecular formula is C13H17N3O4S. The average molecular weight is 311 g/mol. The van der Waals surface area contributed by atoms with Gasteiger partial charge in [0.1, 0.15) is 0 Å². The molecule has 114 valence electrons. The first-order valence-electron chi connectivity index (χ1n) is 6.87. The summed E-state index contributed by atoms with van der Waals surface area (Å²) in [6, 6.07) is 2.97. The van der Waals surface area contributed by atoms with Crippen LogP contribution in [-0.2, 0) is 10.0 Å². The van der Waals surface area contributed by atoms with E-state index in [-0.39, 0.29) is 16.7 Å². The van der Waals surface area contributed by atoms with E-state index in [0.717, 1.165) is 12.8 Å². The Hall–Kier alpha value is -1.67. The SMILES string of the molecule is Cc1nnc(-c2ccc(S(=O)(=O)N3CCC[C@H](C)C3)o2)o1. The molecule has 21 heavy (non-hydrogen) atoms. The van der Waals surface area contributed by atoms with Crippen LogP contribution < -0.4 is 0 Å². The van der Waals surface area contributed by atoms with Gasteiger partial charge in [-0.05, 0) is 30.9 Å². The highest BCUT2D eigenvalue weighted by Crippen LogP contribution is 2.28. The van der Waals surface area contributed by atoms with Crippen LogP contribution in [0.2, 0.25) is 0 Å². The smallest absolute Gasteiger partial charge is 0.283 e. The molecule has 0 bridgehead atoms. The van der Waals surface area contributed by atoms with E-state index in [1.54, 1.807) is 6.92 Å². The minimum atomic E-state index is -3.60. The fourth-order valence-electron chi connectivity index (χ4n) is 2.46. The third kappa shape index (κ3) is 2.73. The summed E-state index contributed by atoms with van der Waals surface area (Å²) < 4.78 is 37.2. The van der Waals surface area contributed by atoms with Gasteiger partial charge in [-0.2, -0.15) is 4.31 Å². The summed E-state index contributed by atoms with van der Waals surface area (Å²) in [4.78, 5) is 0. The van der Waals surface area contributed by atoms with E-state index in [1.165, 1.54) is 16.4 Å². The van der Waals surface area contributed by atoms with Crippen molar-refractivity contribution in [3.05, 3.63) is 18.0 Å². The van der Waals surface area contributed by atoms with Crippen LogP contribution in [0.1, 0.15) is 25.7 Å². The Balaban J connectivity index is 1.88. The second-order valence-electron chi connectivity index (χ2n) is 5.36. The monoisotopic (exact) mass is 311 g/mol. The van der Waals surface area contributed by atoms with Gasteiger partial charge in [-0.3, -0.25) is 0 Å². The lowest BCUT2D eigenvalue weighted by molar-refractivity contribution is 0.275. The largest absolute Gasteiger partial charge is 0.438 e. The summed E-state index contributed by atoms with van der Waals surface area (Å²) >= 11 is 0. The summed E-state index contributed by atoms with van der Waals surface area (Å²) in [6.45, 7) is 4.77. The minimum Gasteiger partial charge on any atom is -0.438 e. The van der Waals surface area contributed by atoms with Gasteiger partial charge in [0, 0.05) is 20.0 Å². The molecule has 1 atom stereocenters. The molecular weight excluding hydrogens is 294 g/mol. The predicted octanol–water partition coefficient (Wildman–Crippen LogP) is 2.06. The lowest BCUT2D eigenvalue weighted by Crippen LogP contribution is -2.38. The first kappa shape index (κ1) is 14.3. The molecule has 1 saturated heterocycles. The summed E-state index contributed by atoms with van der Waals surface area (Å²) in [6.07, 6.45) is 1.92. The number of rotatable bonds is 3. The number of hydrogen-bond donors (Lipinski definition) is 0. The Bertz CT molecular complexity index is 734. The molecule has 2 aromatic rings. The van der Waals surface area contributed by atoms with Gasteiger partial charge >= 0.3 is 0 Å². The second-order valence-corrected chi connectivity index (χ2v) is 7.22. The van der Waals surface area contributed by atoms with Crippen LogP contribution in [0.3, 0.4) is 0 Å². The van der Waals surface area contributed by atoms with Crippen LogP contribution in [0, 0.1) is 12.8 Å². The maximum atomic E-state index is 12.5. The van der Waals surface area contributed by atoms with Gasteiger partial charge in [0.25, 0.3) is 15.9 Å². The van der Waals surface area contributed by atoms with E-state index in [0.29, 0.717) is 24.9 Å².